The molecule has 0 aliphatic carbocycles. The molecule has 0 radical (unpaired) electrons. The van der Waals surface area contributed by atoms with Crippen LogP contribution in [-0.2, 0) is 9.53 Å². The van der Waals surface area contributed by atoms with Gasteiger partial charge in [0.25, 0.3) is 5.69 Å². The third kappa shape index (κ3) is 2.89. The lowest BCUT2D eigenvalue weighted by Crippen LogP contribution is -2.19. The SMILES string of the molecule is COC(=O)C(=[N+]=[N-])c1ccccc1-c1cccc([N+](=O)[O-])c1. The maximum atomic E-state index is 11.7. The van der Waals surface area contributed by atoms with Crippen LogP contribution in [0.2, 0.25) is 0 Å². The Kier molecular flexibility index (Phi) is 4.41. The van der Waals surface area contributed by atoms with Gasteiger partial charge in [-0.1, -0.05) is 30.3 Å². The number of nitrogens with zero attached hydrogens (tertiary/aromatic N) is 3. The number of rotatable bonds is 4. The summed E-state index contributed by atoms with van der Waals surface area (Å²) in [6.07, 6.45) is 0. The van der Waals surface area contributed by atoms with Crippen molar-refractivity contribution < 1.29 is 19.2 Å². The van der Waals surface area contributed by atoms with Gasteiger partial charge in [-0.15, -0.1) is 0 Å². The zero-order valence-corrected chi connectivity index (χ0v) is 11.6. The van der Waals surface area contributed by atoms with Gasteiger partial charge in [0.1, 0.15) is 0 Å². The second kappa shape index (κ2) is 6.43. The van der Waals surface area contributed by atoms with Crippen molar-refractivity contribution >= 4 is 17.4 Å². The van der Waals surface area contributed by atoms with Gasteiger partial charge in [0.15, 0.2) is 0 Å². The number of non-ortho nitro benzene ring substituents is 1. The smallest absolute Gasteiger partial charge is 0.422 e. The lowest BCUT2D eigenvalue weighted by atomic mass is 9.96. The molecule has 7 heteroatoms. The molecule has 2 aromatic carbocycles. The molecule has 0 N–H and O–H groups in total. The normalized spacial score (nSPS) is 9.68. The van der Waals surface area contributed by atoms with Gasteiger partial charge >= 0.3 is 11.7 Å². The van der Waals surface area contributed by atoms with E-state index in [1.165, 1.54) is 25.3 Å². The molecule has 0 fully saturated rings. The fourth-order valence-electron chi connectivity index (χ4n) is 2.03. The number of methoxy groups -OCH3 is 1. The topological polar surface area (TPSA) is 106 Å². The fourth-order valence-corrected chi connectivity index (χ4v) is 2.03. The van der Waals surface area contributed by atoms with Crippen molar-refractivity contribution in [1.29, 1.82) is 0 Å². The third-order valence-electron chi connectivity index (χ3n) is 3.03. The Bertz CT molecular complexity index is 795. The molecule has 0 heterocycles. The molecule has 0 saturated carbocycles. The van der Waals surface area contributed by atoms with E-state index in [4.69, 9.17) is 5.53 Å². The van der Waals surface area contributed by atoms with Crippen LogP contribution in [0.15, 0.2) is 48.5 Å². The number of carbonyl (C=O) groups excluding carboxylic acids is 1. The lowest BCUT2D eigenvalue weighted by molar-refractivity contribution is -0.384. The summed E-state index contributed by atoms with van der Waals surface area (Å²) in [5.74, 6) is -0.805. The van der Waals surface area contributed by atoms with Gasteiger partial charge < -0.3 is 10.3 Å². The van der Waals surface area contributed by atoms with Crippen molar-refractivity contribution in [1.82, 2.24) is 0 Å². The highest BCUT2D eigenvalue weighted by atomic mass is 16.6. The Morgan fingerprint density at radius 1 is 1.23 bits per heavy atom. The van der Waals surface area contributed by atoms with Crippen molar-refractivity contribution in [2.75, 3.05) is 7.11 Å². The number of carbonyl (C=O) groups is 1. The highest BCUT2D eigenvalue weighted by Crippen LogP contribution is 2.27. The average molecular weight is 297 g/mol. The number of hydrogen-bond donors (Lipinski definition) is 0. The summed E-state index contributed by atoms with van der Waals surface area (Å²) in [7, 11) is 1.17. The van der Waals surface area contributed by atoms with E-state index in [0.29, 0.717) is 16.7 Å². The Balaban J connectivity index is 2.63. The van der Waals surface area contributed by atoms with Crippen molar-refractivity contribution in [3.63, 3.8) is 0 Å². The number of nitro benzene ring substituents is 1. The van der Waals surface area contributed by atoms with Gasteiger partial charge in [0, 0.05) is 12.1 Å². The molecular formula is C15H11N3O4. The second-order valence-electron chi connectivity index (χ2n) is 4.29. The zero-order chi connectivity index (χ0) is 16.1. The first kappa shape index (κ1) is 15.1. The molecule has 0 aliphatic rings. The predicted molar refractivity (Wildman–Crippen MR) is 78.3 cm³/mol. The third-order valence-corrected chi connectivity index (χ3v) is 3.03. The van der Waals surface area contributed by atoms with E-state index in [1.807, 2.05) is 0 Å². The van der Waals surface area contributed by atoms with Crippen LogP contribution < -0.4 is 0 Å². The van der Waals surface area contributed by atoms with E-state index in [-0.39, 0.29) is 11.4 Å². The van der Waals surface area contributed by atoms with E-state index >= 15 is 0 Å². The Labute approximate surface area is 125 Å². The predicted octanol–water partition coefficient (Wildman–Crippen LogP) is 2.45. The monoisotopic (exact) mass is 297 g/mol. The van der Waals surface area contributed by atoms with Crippen molar-refractivity contribution in [3.05, 3.63) is 69.7 Å². The summed E-state index contributed by atoms with van der Waals surface area (Å²) in [5.41, 5.74) is 10.1. The van der Waals surface area contributed by atoms with E-state index in [9.17, 15) is 14.9 Å². The van der Waals surface area contributed by atoms with Gasteiger partial charge in [0.2, 0.25) is 0 Å². The van der Waals surface area contributed by atoms with Gasteiger partial charge in [-0.05, 0) is 17.2 Å². The zero-order valence-electron chi connectivity index (χ0n) is 11.6. The Morgan fingerprint density at radius 3 is 2.59 bits per heavy atom. The summed E-state index contributed by atoms with van der Waals surface area (Å²) in [4.78, 5) is 25.0. The maximum Gasteiger partial charge on any atom is 0.422 e. The summed E-state index contributed by atoms with van der Waals surface area (Å²) in [6.45, 7) is 0. The molecule has 0 aromatic heterocycles. The molecule has 0 unspecified atom stereocenters. The Morgan fingerprint density at radius 2 is 1.95 bits per heavy atom. The van der Waals surface area contributed by atoms with Crippen LogP contribution in [0, 0.1) is 10.1 Å². The number of esters is 1. The molecule has 0 bridgehead atoms. The van der Waals surface area contributed by atoms with Gasteiger partial charge in [-0.3, -0.25) is 10.1 Å². The molecular weight excluding hydrogens is 286 g/mol. The van der Waals surface area contributed by atoms with Crippen LogP contribution in [0.5, 0.6) is 0 Å². The van der Waals surface area contributed by atoms with Crippen LogP contribution in [0.1, 0.15) is 5.56 Å². The van der Waals surface area contributed by atoms with Crippen LogP contribution >= 0.6 is 0 Å². The second-order valence-corrected chi connectivity index (χ2v) is 4.29. The van der Waals surface area contributed by atoms with Crippen molar-refractivity contribution in [2.45, 2.75) is 0 Å². The van der Waals surface area contributed by atoms with E-state index < -0.39 is 10.9 Å². The molecule has 22 heavy (non-hydrogen) atoms. The number of nitro groups is 1. The highest BCUT2D eigenvalue weighted by molar-refractivity contribution is 6.42. The van der Waals surface area contributed by atoms with Gasteiger partial charge in [-0.2, -0.15) is 4.79 Å². The Hall–Kier alpha value is -3.31. The van der Waals surface area contributed by atoms with Crippen LogP contribution in [-0.4, -0.2) is 28.5 Å². The van der Waals surface area contributed by atoms with Crippen molar-refractivity contribution in [3.8, 4) is 11.1 Å². The largest absolute Gasteiger partial charge is 0.460 e. The summed E-state index contributed by atoms with van der Waals surface area (Å²) >= 11 is 0. The first-order chi connectivity index (χ1) is 10.6. The average Bonchev–Trinajstić information content (AvgIpc) is 2.56. The molecule has 7 nitrogen and oxygen atoms in total. The van der Waals surface area contributed by atoms with Gasteiger partial charge in [-0.25, -0.2) is 4.79 Å². The molecule has 110 valence electrons. The van der Waals surface area contributed by atoms with Crippen LogP contribution in [0.4, 0.5) is 5.69 Å². The maximum absolute atomic E-state index is 11.7. The summed E-state index contributed by atoms with van der Waals surface area (Å²) < 4.78 is 4.57. The fraction of sp³-hybridized carbons (Fsp3) is 0.0667. The van der Waals surface area contributed by atoms with Gasteiger partial charge in [0.05, 0.1) is 17.6 Å². The van der Waals surface area contributed by atoms with Crippen molar-refractivity contribution in [2.24, 2.45) is 0 Å². The van der Waals surface area contributed by atoms with E-state index in [2.05, 4.69) is 9.53 Å². The molecule has 2 rings (SSSR count). The minimum atomic E-state index is -0.805. The number of benzene rings is 2. The molecule has 0 saturated heterocycles. The summed E-state index contributed by atoms with van der Waals surface area (Å²) in [5, 5.41) is 10.9. The molecule has 0 spiro atoms. The molecule has 0 aliphatic heterocycles. The van der Waals surface area contributed by atoms with Crippen LogP contribution in [0.25, 0.3) is 16.7 Å². The van der Waals surface area contributed by atoms with E-state index in [1.54, 1.807) is 30.3 Å². The summed E-state index contributed by atoms with van der Waals surface area (Å²) in [6, 6.07) is 12.6. The highest BCUT2D eigenvalue weighted by Gasteiger charge is 2.27. The molecule has 0 amide bonds. The first-order valence-electron chi connectivity index (χ1n) is 6.23. The quantitative estimate of drug-likeness (QED) is 0.216. The minimum Gasteiger partial charge on any atom is -0.460 e. The van der Waals surface area contributed by atoms with Crippen LogP contribution in [0.3, 0.4) is 0 Å². The molecule has 2 aromatic rings. The number of hydrogen-bond acceptors (Lipinski definition) is 4. The minimum absolute atomic E-state index is 0.0761. The molecule has 0 atom stereocenters. The number of ether oxygens (including phenoxy) is 1. The first-order valence-corrected chi connectivity index (χ1v) is 6.23. The van der Waals surface area contributed by atoms with E-state index in [0.717, 1.165) is 0 Å². The standard InChI is InChI=1S/C15H11N3O4/c1-22-15(19)14(17-16)13-8-3-2-7-12(13)10-5-4-6-11(9-10)18(20)21/h2-9H,1H3. The lowest BCUT2D eigenvalue weighted by Gasteiger charge is -2.06.